The van der Waals surface area contributed by atoms with E-state index in [1.807, 2.05) is 0 Å². The zero-order valence-electron chi connectivity index (χ0n) is 10.2. The summed E-state index contributed by atoms with van der Waals surface area (Å²) in [4.78, 5) is 3.69. The summed E-state index contributed by atoms with van der Waals surface area (Å²) < 4.78 is 44.4. The molecule has 0 bridgehead atoms. The van der Waals surface area contributed by atoms with E-state index in [0.717, 1.165) is 12.1 Å². The number of nitrogen functional groups attached to an aromatic ring is 1. The molecule has 0 atom stereocenters. The minimum atomic E-state index is -3.88. The van der Waals surface area contributed by atoms with Gasteiger partial charge in [-0.25, -0.2) is 17.5 Å². The van der Waals surface area contributed by atoms with Crippen LogP contribution in [0.25, 0.3) is 0 Å². The van der Waals surface area contributed by atoms with E-state index in [0.29, 0.717) is 5.89 Å². The lowest BCUT2D eigenvalue weighted by atomic mass is 10.3. The van der Waals surface area contributed by atoms with Crippen LogP contribution in [-0.4, -0.2) is 18.6 Å². The molecule has 0 saturated carbocycles. The summed E-state index contributed by atoms with van der Waals surface area (Å²) in [6.45, 7) is 1.44. The van der Waals surface area contributed by atoms with Crippen molar-refractivity contribution in [1.82, 2.24) is 14.9 Å². The molecule has 2 aromatic rings. The third-order valence-corrected chi connectivity index (χ3v) is 4.69. The highest BCUT2D eigenvalue weighted by Gasteiger charge is 2.20. The molecule has 0 radical (unpaired) electrons. The number of rotatable bonds is 4. The van der Waals surface area contributed by atoms with Crippen molar-refractivity contribution in [3.63, 3.8) is 0 Å². The SMILES string of the molecule is Cc1nc(CNS(=O)(=O)c2cc(N)c(F)cc2Br)no1. The van der Waals surface area contributed by atoms with Gasteiger partial charge in [-0.2, -0.15) is 4.98 Å². The largest absolute Gasteiger partial charge is 0.396 e. The van der Waals surface area contributed by atoms with Crippen LogP contribution in [0, 0.1) is 12.7 Å². The van der Waals surface area contributed by atoms with E-state index < -0.39 is 15.8 Å². The first-order chi connectivity index (χ1) is 9.29. The Balaban J connectivity index is 2.24. The van der Waals surface area contributed by atoms with Gasteiger partial charge in [-0.3, -0.25) is 0 Å². The van der Waals surface area contributed by atoms with Gasteiger partial charge in [0.25, 0.3) is 0 Å². The Labute approximate surface area is 122 Å². The van der Waals surface area contributed by atoms with Crippen LogP contribution in [0.5, 0.6) is 0 Å². The van der Waals surface area contributed by atoms with Gasteiger partial charge >= 0.3 is 0 Å². The molecule has 10 heteroatoms. The molecule has 0 amide bonds. The van der Waals surface area contributed by atoms with Crippen molar-refractivity contribution in [2.45, 2.75) is 18.4 Å². The highest BCUT2D eigenvalue weighted by molar-refractivity contribution is 9.10. The topological polar surface area (TPSA) is 111 Å². The predicted molar refractivity (Wildman–Crippen MR) is 71.6 cm³/mol. The lowest BCUT2D eigenvalue weighted by molar-refractivity contribution is 0.387. The summed E-state index contributed by atoms with van der Waals surface area (Å²) in [6.07, 6.45) is 0. The summed E-state index contributed by atoms with van der Waals surface area (Å²) in [5.41, 5.74) is 5.11. The number of hydrogen-bond acceptors (Lipinski definition) is 6. The quantitative estimate of drug-likeness (QED) is 0.791. The molecule has 1 aromatic carbocycles. The van der Waals surface area contributed by atoms with Crippen molar-refractivity contribution >= 4 is 31.6 Å². The van der Waals surface area contributed by atoms with Gasteiger partial charge in [0.2, 0.25) is 15.9 Å². The molecule has 2 rings (SSSR count). The maximum Gasteiger partial charge on any atom is 0.242 e. The van der Waals surface area contributed by atoms with Crippen LogP contribution in [0.15, 0.2) is 26.0 Å². The first-order valence-electron chi connectivity index (χ1n) is 5.33. The van der Waals surface area contributed by atoms with Gasteiger partial charge in [0.15, 0.2) is 5.82 Å². The fraction of sp³-hybridized carbons (Fsp3) is 0.200. The van der Waals surface area contributed by atoms with Gasteiger partial charge in [0, 0.05) is 11.4 Å². The second kappa shape index (κ2) is 5.46. The maximum atomic E-state index is 13.2. The molecule has 1 heterocycles. The smallest absolute Gasteiger partial charge is 0.242 e. The second-order valence-electron chi connectivity index (χ2n) is 3.86. The van der Waals surface area contributed by atoms with Crippen molar-refractivity contribution in [2.24, 2.45) is 0 Å². The van der Waals surface area contributed by atoms with E-state index in [9.17, 15) is 12.8 Å². The fourth-order valence-corrected chi connectivity index (χ4v) is 3.43. The molecule has 0 saturated heterocycles. The van der Waals surface area contributed by atoms with Crippen LogP contribution in [0.2, 0.25) is 0 Å². The predicted octanol–water partition coefficient (Wildman–Crippen LogP) is 1.34. The van der Waals surface area contributed by atoms with E-state index in [4.69, 9.17) is 10.3 Å². The third-order valence-electron chi connectivity index (χ3n) is 2.33. The highest BCUT2D eigenvalue weighted by Crippen LogP contribution is 2.26. The molecule has 0 aliphatic rings. The van der Waals surface area contributed by atoms with Crippen LogP contribution in [-0.2, 0) is 16.6 Å². The van der Waals surface area contributed by atoms with Gasteiger partial charge in [-0.05, 0) is 28.1 Å². The molecule has 7 nitrogen and oxygen atoms in total. The van der Waals surface area contributed by atoms with Crippen LogP contribution in [0.3, 0.4) is 0 Å². The minimum Gasteiger partial charge on any atom is -0.396 e. The summed E-state index contributed by atoms with van der Waals surface area (Å²) in [5.74, 6) is -0.187. The summed E-state index contributed by atoms with van der Waals surface area (Å²) in [7, 11) is -3.88. The second-order valence-corrected chi connectivity index (χ2v) is 6.45. The number of nitrogens with two attached hydrogens (primary N) is 1. The Morgan fingerprint density at radius 3 is 2.80 bits per heavy atom. The number of sulfonamides is 1. The van der Waals surface area contributed by atoms with E-state index in [1.165, 1.54) is 0 Å². The molecule has 108 valence electrons. The summed E-state index contributed by atoms with van der Waals surface area (Å²) >= 11 is 2.98. The van der Waals surface area contributed by atoms with Crippen LogP contribution >= 0.6 is 15.9 Å². The number of benzene rings is 1. The Morgan fingerprint density at radius 2 is 2.20 bits per heavy atom. The Morgan fingerprint density at radius 1 is 1.50 bits per heavy atom. The normalized spacial score (nSPS) is 11.8. The van der Waals surface area contributed by atoms with Gasteiger partial charge in [0.05, 0.1) is 17.1 Å². The number of nitrogens with zero attached hydrogens (tertiary/aromatic N) is 2. The monoisotopic (exact) mass is 364 g/mol. The van der Waals surface area contributed by atoms with Gasteiger partial charge in [0.1, 0.15) is 5.82 Å². The molecule has 0 aliphatic heterocycles. The van der Waals surface area contributed by atoms with Crippen molar-refractivity contribution in [2.75, 3.05) is 5.73 Å². The van der Waals surface area contributed by atoms with Gasteiger partial charge in [-0.1, -0.05) is 5.16 Å². The minimum absolute atomic E-state index is 0.0704. The molecular weight excluding hydrogens is 355 g/mol. The number of anilines is 1. The summed E-state index contributed by atoms with van der Waals surface area (Å²) in [5, 5.41) is 3.56. The van der Waals surface area contributed by atoms with E-state index in [-0.39, 0.29) is 27.4 Å². The van der Waals surface area contributed by atoms with Gasteiger partial charge < -0.3 is 10.3 Å². The van der Waals surface area contributed by atoms with Crippen LogP contribution < -0.4 is 10.5 Å². The van der Waals surface area contributed by atoms with Crippen molar-refractivity contribution in [1.29, 1.82) is 0 Å². The van der Waals surface area contributed by atoms with Gasteiger partial charge in [-0.15, -0.1) is 0 Å². The van der Waals surface area contributed by atoms with Crippen LogP contribution in [0.4, 0.5) is 10.1 Å². The average molecular weight is 365 g/mol. The molecule has 20 heavy (non-hydrogen) atoms. The van der Waals surface area contributed by atoms with Crippen molar-refractivity contribution in [3.05, 3.63) is 34.1 Å². The molecule has 0 aliphatic carbocycles. The number of hydrogen-bond donors (Lipinski definition) is 2. The number of nitrogens with one attached hydrogen (secondary N) is 1. The third kappa shape index (κ3) is 3.14. The average Bonchev–Trinajstić information content (AvgIpc) is 2.77. The van der Waals surface area contributed by atoms with E-state index in [2.05, 4.69) is 30.8 Å². The molecule has 0 unspecified atom stereocenters. The maximum absolute atomic E-state index is 13.2. The zero-order valence-corrected chi connectivity index (χ0v) is 12.6. The van der Waals surface area contributed by atoms with Crippen molar-refractivity contribution in [3.8, 4) is 0 Å². The standard InChI is InChI=1S/C10H10BrFN4O3S/c1-5-15-10(16-19-5)4-14-20(17,18)9-3-8(13)7(12)2-6(9)11/h2-3,14H,4,13H2,1H3. The Hall–Kier alpha value is -1.52. The number of aromatic nitrogens is 2. The molecular formula is C10H10BrFN4O3S. The lowest BCUT2D eigenvalue weighted by Crippen LogP contribution is -2.24. The first-order valence-corrected chi connectivity index (χ1v) is 7.60. The highest BCUT2D eigenvalue weighted by atomic mass is 79.9. The first kappa shape index (κ1) is 14.9. The zero-order chi connectivity index (χ0) is 14.9. The molecule has 3 N–H and O–H groups in total. The lowest BCUT2D eigenvalue weighted by Gasteiger charge is -2.08. The van der Waals surface area contributed by atoms with E-state index >= 15 is 0 Å². The fourth-order valence-electron chi connectivity index (χ4n) is 1.40. The Kier molecular flexibility index (Phi) is 4.06. The Bertz CT molecular complexity index is 747. The number of aryl methyl sites for hydroxylation is 1. The van der Waals surface area contributed by atoms with Crippen molar-refractivity contribution < 1.29 is 17.3 Å². The number of halogens is 2. The molecule has 1 aromatic heterocycles. The molecule has 0 fully saturated rings. The summed E-state index contributed by atoms with van der Waals surface area (Å²) in [6, 6.07) is 2.02. The van der Waals surface area contributed by atoms with Crippen LogP contribution in [0.1, 0.15) is 11.7 Å². The molecule has 0 spiro atoms. The van der Waals surface area contributed by atoms with E-state index in [1.54, 1.807) is 6.92 Å².